The maximum atomic E-state index is 12.5. The van der Waals surface area contributed by atoms with Gasteiger partial charge in [-0.1, -0.05) is 18.2 Å². The molecular formula is C22H23NO4. The van der Waals surface area contributed by atoms with E-state index in [1.165, 1.54) is 0 Å². The molecule has 0 fully saturated rings. The Hall–Kier alpha value is -3.13. The number of aryl methyl sites for hydroxylation is 2. The lowest BCUT2D eigenvalue weighted by Gasteiger charge is -2.12. The fourth-order valence-electron chi connectivity index (χ4n) is 3.01. The number of Topliss-reactive ketones (excluding diaryl/α,β-unsaturated/α-hetero) is 1. The molecule has 0 amide bonds. The van der Waals surface area contributed by atoms with Crippen molar-refractivity contribution in [3.05, 3.63) is 63.7 Å². The Morgan fingerprint density at radius 2 is 1.81 bits per heavy atom. The molecule has 5 heteroatoms. The second-order valence-corrected chi connectivity index (χ2v) is 6.43. The van der Waals surface area contributed by atoms with E-state index in [1.54, 1.807) is 19.1 Å². The van der Waals surface area contributed by atoms with Crippen LogP contribution in [0.2, 0.25) is 0 Å². The van der Waals surface area contributed by atoms with Crippen molar-refractivity contribution in [2.45, 2.75) is 40.0 Å². The van der Waals surface area contributed by atoms with Crippen LogP contribution in [0.4, 0.5) is 0 Å². The van der Waals surface area contributed by atoms with Gasteiger partial charge in [-0.15, -0.1) is 0 Å². The van der Waals surface area contributed by atoms with Crippen LogP contribution < -0.4 is 0 Å². The molecule has 0 saturated heterocycles. The van der Waals surface area contributed by atoms with Crippen molar-refractivity contribution in [2.24, 2.45) is 0 Å². The highest BCUT2D eigenvalue weighted by Crippen LogP contribution is 2.28. The lowest BCUT2D eigenvalue weighted by Crippen LogP contribution is -2.09. The van der Waals surface area contributed by atoms with Gasteiger partial charge in [0.2, 0.25) is 0 Å². The molecule has 0 aliphatic rings. The van der Waals surface area contributed by atoms with Gasteiger partial charge in [0.25, 0.3) is 0 Å². The number of esters is 1. The summed E-state index contributed by atoms with van der Waals surface area (Å²) in [5, 5.41) is 19.6. The molecule has 140 valence electrons. The number of carbonyl (C=O) groups excluding carboxylic acids is 2. The topological polar surface area (TPSA) is 87.4 Å². The molecule has 2 aromatic carbocycles. The van der Waals surface area contributed by atoms with Gasteiger partial charge in [-0.25, -0.2) is 0 Å². The first-order valence-corrected chi connectivity index (χ1v) is 8.87. The molecule has 5 nitrogen and oxygen atoms in total. The van der Waals surface area contributed by atoms with Crippen LogP contribution in [0.5, 0.6) is 5.75 Å². The summed E-state index contributed by atoms with van der Waals surface area (Å²) in [6.45, 7) is 5.97. The molecule has 0 atom stereocenters. The summed E-state index contributed by atoms with van der Waals surface area (Å²) in [7, 11) is 0. The van der Waals surface area contributed by atoms with E-state index in [-0.39, 0.29) is 42.1 Å². The summed E-state index contributed by atoms with van der Waals surface area (Å²) in [6, 6.07) is 11.2. The number of aromatic hydroxyl groups is 1. The van der Waals surface area contributed by atoms with Crippen LogP contribution in [-0.4, -0.2) is 23.5 Å². The summed E-state index contributed by atoms with van der Waals surface area (Å²) in [6.07, 6.45) is 0.408. The zero-order valence-corrected chi connectivity index (χ0v) is 15.8. The van der Waals surface area contributed by atoms with Gasteiger partial charge in [-0.3, -0.25) is 9.59 Å². The molecule has 0 saturated carbocycles. The maximum Gasteiger partial charge on any atom is 0.306 e. The van der Waals surface area contributed by atoms with Crippen LogP contribution in [-0.2, 0) is 16.0 Å². The van der Waals surface area contributed by atoms with E-state index in [1.807, 2.05) is 38.1 Å². The molecule has 0 unspecified atom stereocenters. The normalized spacial score (nSPS) is 10.3. The number of benzene rings is 2. The predicted octanol–water partition coefficient (Wildman–Crippen LogP) is 4.00. The number of hydrogen-bond donors (Lipinski definition) is 1. The molecule has 0 bridgehead atoms. The molecule has 0 spiro atoms. The number of hydrogen-bond acceptors (Lipinski definition) is 5. The van der Waals surface area contributed by atoms with E-state index in [0.29, 0.717) is 6.42 Å². The number of carbonyl (C=O) groups is 2. The van der Waals surface area contributed by atoms with Gasteiger partial charge in [-0.05, 0) is 61.6 Å². The van der Waals surface area contributed by atoms with Gasteiger partial charge in [0.15, 0.2) is 5.78 Å². The van der Waals surface area contributed by atoms with E-state index >= 15 is 0 Å². The number of ketones is 1. The third kappa shape index (κ3) is 4.95. The highest BCUT2D eigenvalue weighted by molar-refractivity contribution is 6.00. The van der Waals surface area contributed by atoms with Crippen molar-refractivity contribution < 1.29 is 19.4 Å². The average Bonchev–Trinajstić information content (AvgIpc) is 2.64. The highest BCUT2D eigenvalue weighted by atomic mass is 16.5. The minimum absolute atomic E-state index is 0.0539. The molecule has 2 rings (SSSR count). The number of phenols is 1. The van der Waals surface area contributed by atoms with Crippen molar-refractivity contribution in [2.75, 3.05) is 6.61 Å². The van der Waals surface area contributed by atoms with Gasteiger partial charge in [-0.2, -0.15) is 5.26 Å². The van der Waals surface area contributed by atoms with Crippen molar-refractivity contribution in [3.8, 4) is 11.8 Å². The van der Waals surface area contributed by atoms with Crippen molar-refractivity contribution in [3.63, 3.8) is 0 Å². The molecule has 2 aromatic rings. The SMILES string of the molecule is CCOC(=O)CCC(=O)c1cc(Cc2c(C)cccc2C)cc(C#N)c1O. The van der Waals surface area contributed by atoms with Crippen molar-refractivity contribution in [1.82, 2.24) is 0 Å². The summed E-state index contributed by atoms with van der Waals surface area (Å²) < 4.78 is 4.83. The number of nitrogens with zero attached hydrogens (tertiary/aromatic N) is 1. The van der Waals surface area contributed by atoms with Crippen LogP contribution in [0.1, 0.15) is 57.9 Å². The van der Waals surface area contributed by atoms with Crippen LogP contribution in [0.3, 0.4) is 0 Å². The van der Waals surface area contributed by atoms with E-state index in [2.05, 4.69) is 0 Å². The third-order valence-electron chi connectivity index (χ3n) is 4.48. The second kappa shape index (κ2) is 9.00. The van der Waals surface area contributed by atoms with E-state index in [9.17, 15) is 20.0 Å². The largest absolute Gasteiger partial charge is 0.506 e. The number of rotatable bonds is 7. The molecule has 27 heavy (non-hydrogen) atoms. The minimum atomic E-state index is -0.461. The molecule has 0 aromatic heterocycles. The van der Waals surface area contributed by atoms with Gasteiger partial charge in [0.05, 0.1) is 24.2 Å². The van der Waals surface area contributed by atoms with Gasteiger partial charge in [0.1, 0.15) is 11.8 Å². The van der Waals surface area contributed by atoms with Crippen LogP contribution >= 0.6 is 0 Å². The van der Waals surface area contributed by atoms with Gasteiger partial charge >= 0.3 is 5.97 Å². The van der Waals surface area contributed by atoms with Crippen LogP contribution in [0.25, 0.3) is 0 Å². The molecule has 1 N–H and O–H groups in total. The first kappa shape index (κ1) is 20.2. The quantitative estimate of drug-likeness (QED) is 0.592. The van der Waals surface area contributed by atoms with Gasteiger partial charge < -0.3 is 9.84 Å². The number of ether oxygens (including phenoxy) is 1. The number of phenolic OH excluding ortho intramolecular Hbond substituents is 1. The molecule has 0 heterocycles. The first-order valence-electron chi connectivity index (χ1n) is 8.87. The Morgan fingerprint density at radius 3 is 2.41 bits per heavy atom. The Balaban J connectivity index is 2.33. The summed E-state index contributed by atoms with van der Waals surface area (Å²) in [5.74, 6) is -1.19. The van der Waals surface area contributed by atoms with Crippen LogP contribution in [0.15, 0.2) is 30.3 Å². The van der Waals surface area contributed by atoms with E-state index in [0.717, 1.165) is 22.3 Å². The van der Waals surface area contributed by atoms with E-state index < -0.39 is 5.97 Å². The second-order valence-electron chi connectivity index (χ2n) is 6.43. The molecule has 0 radical (unpaired) electrons. The standard InChI is InChI=1S/C22H23NO4/c1-4-27-21(25)9-8-20(24)19-12-16(10-17(13-23)22(19)26)11-18-14(2)6-5-7-15(18)3/h5-7,10,12,26H,4,8-9,11H2,1-3H3. The lowest BCUT2D eigenvalue weighted by molar-refractivity contribution is -0.143. The maximum absolute atomic E-state index is 12.5. The average molecular weight is 365 g/mol. The summed E-state index contributed by atoms with van der Waals surface area (Å²) in [4.78, 5) is 24.0. The number of nitriles is 1. The zero-order valence-electron chi connectivity index (χ0n) is 15.8. The lowest BCUT2D eigenvalue weighted by atomic mass is 9.92. The fraction of sp³-hybridized carbons (Fsp3) is 0.318. The Morgan fingerprint density at radius 1 is 1.15 bits per heavy atom. The zero-order chi connectivity index (χ0) is 20.0. The Labute approximate surface area is 159 Å². The summed E-state index contributed by atoms with van der Waals surface area (Å²) >= 11 is 0. The third-order valence-corrected chi connectivity index (χ3v) is 4.48. The predicted molar refractivity (Wildman–Crippen MR) is 102 cm³/mol. The Kier molecular flexibility index (Phi) is 6.73. The van der Waals surface area contributed by atoms with Gasteiger partial charge in [0, 0.05) is 6.42 Å². The van der Waals surface area contributed by atoms with E-state index in [4.69, 9.17) is 4.74 Å². The monoisotopic (exact) mass is 365 g/mol. The molecule has 0 aliphatic carbocycles. The molecule has 0 aliphatic heterocycles. The van der Waals surface area contributed by atoms with Crippen molar-refractivity contribution >= 4 is 11.8 Å². The Bertz CT molecular complexity index is 889. The smallest absolute Gasteiger partial charge is 0.306 e. The van der Waals surface area contributed by atoms with Crippen molar-refractivity contribution in [1.29, 1.82) is 5.26 Å². The van der Waals surface area contributed by atoms with Crippen LogP contribution in [0, 0.1) is 25.2 Å². The minimum Gasteiger partial charge on any atom is -0.506 e. The summed E-state index contributed by atoms with van der Waals surface area (Å²) in [5.41, 5.74) is 4.25. The molecular weight excluding hydrogens is 342 g/mol. The highest BCUT2D eigenvalue weighted by Gasteiger charge is 2.18. The fourth-order valence-corrected chi connectivity index (χ4v) is 3.01. The first-order chi connectivity index (χ1) is 12.9.